The molecular weight excluding hydrogens is 396 g/mol. The molecule has 156 valence electrons. The van der Waals surface area contributed by atoms with E-state index < -0.39 is 0 Å². The number of aryl methyl sites for hydroxylation is 3. The number of likely N-dealkylation sites (N-methyl/N-ethyl adjacent to an activating group) is 1. The summed E-state index contributed by atoms with van der Waals surface area (Å²) in [4.78, 5) is 30.9. The molecule has 0 unspecified atom stereocenters. The number of benzene rings is 2. The molecule has 2 N–H and O–H groups in total. The van der Waals surface area contributed by atoms with Gasteiger partial charge in [-0.1, -0.05) is 48.0 Å². The van der Waals surface area contributed by atoms with Gasteiger partial charge in [-0.3, -0.25) is 14.5 Å². The first-order valence-electron chi connectivity index (χ1n) is 9.69. The molecule has 0 saturated heterocycles. The van der Waals surface area contributed by atoms with Crippen molar-refractivity contribution < 1.29 is 9.59 Å². The van der Waals surface area contributed by atoms with E-state index in [2.05, 4.69) is 15.6 Å². The molecule has 30 heavy (non-hydrogen) atoms. The van der Waals surface area contributed by atoms with Crippen LogP contribution in [0.1, 0.15) is 16.7 Å². The molecule has 1 aromatic heterocycles. The maximum Gasteiger partial charge on any atom is 0.240 e. The second-order valence-corrected chi connectivity index (χ2v) is 8.30. The van der Waals surface area contributed by atoms with Crippen LogP contribution in [-0.2, 0) is 9.59 Å². The minimum Gasteiger partial charge on any atom is -0.324 e. The summed E-state index contributed by atoms with van der Waals surface area (Å²) in [6.07, 6.45) is 0. The van der Waals surface area contributed by atoms with E-state index in [0.29, 0.717) is 5.13 Å². The van der Waals surface area contributed by atoms with Crippen LogP contribution >= 0.6 is 11.3 Å². The Balaban J connectivity index is 1.51. The summed E-state index contributed by atoms with van der Waals surface area (Å²) in [7, 11) is 1.74. The van der Waals surface area contributed by atoms with Crippen LogP contribution in [0.4, 0.5) is 10.8 Å². The predicted octanol–water partition coefficient (Wildman–Crippen LogP) is 4.24. The molecule has 0 atom stereocenters. The lowest BCUT2D eigenvalue weighted by Crippen LogP contribution is -2.36. The zero-order chi connectivity index (χ0) is 21.7. The highest BCUT2D eigenvalue weighted by Crippen LogP contribution is 2.24. The number of thiazole rings is 1. The smallest absolute Gasteiger partial charge is 0.240 e. The molecule has 7 heteroatoms. The highest BCUT2D eigenvalue weighted by atomic mass is 32.1. The van der Waals surface area contributed by atoms with E-state index in [-0.39, 0.29) is 24.9 Å². The number of nitrogens with zero attached hydrogens (tertiary/aromatic N) is 2. The number of carbonyl (C=O) groups is 2. The Kier molecular flexibility index (Phi) is 6.97. The largest absolute Gasteiger partial charge is 0.324 e. The molecule has 0 aliphatic carbocycles. The first-order chi connectivity index (χ1) is 14.3. The SMILES string of the molecule is Cc1cc(C)c(NC(=O)CN(C)CC(=O)Nc2nc(-c3ccccc3)cs2)c(C)c1. The third kappa shape index (κ3) is 5.75. The molecule has 0 bridgehead atoms. The van der Waals surface area contributed by atoms with Gasteiger partial charge in [-0.25, -0.2) is 4.98 Å². The predicted molar refractivity (Wildman–Crippen MR) is 123 cm³/mol. The molecule has 0 fully saturated rings. The first kappa shape index (κ1) is 21.7. The topological polar surface area (TPSA) is 74.3 Å². The van der Waals surface area contributed by atoms with Crippen molar-refractivity contribution >= 4 is 34.0 Å². The molecule has 3 rings (SSSR count). The van der Waals surface area contributed by atoms with Crippen LogP contribution in [-0.4, -0.2) is 41.8 Å². The van der Waals surface area contributed by atoms with Crippen molar-refractivity contribution in [3.63, 3.8) is 0 Å². The molecule has 3 aromatic rings. The van der Waals surface area contributed by atoms with Crippen molar-refractivity contribution in [2.75, 3.05) is 30.8 Å². The summed E-state index contributed by atoms with van der Waals surface area (Å²) in [5.41, 5.74) is 5.88. The van der Waals surface area contributed by atoms with Gasteiger partial charge in [0.2, 0.25) is 11.8 Å². The number of hydrogen-bond donors (Lipinski definition) is 2. The van der Waals surface area contributed by atoms with Crippen LogP contribution < -0.4 is 10.6 Å². The molecule has 0 radical (unpaired) electrons. The van der Waals surface area contributed by atoms with Crippen LogP contribution in [0.2, 0.25) is 0 Å². The molecule has 0 aliphatic heterocycles. The Hall–Kier alpha value is -3.03. The molecule has 2 aromatic carbocycles. The number of carbonyl (C=O) groups excluding carboxylic acids is 2. The van der Waals surface area contributed by atoms with Crippen LogP contribution in [0.5, 0.6) is 0 Å². The van der Waals surface area contributed by atoms with Gasteiger partial charge in [0.1, 0.15) is 0 Å². The maximum absolute atomic E-state index is 12.4. The van der Waals surface area contributed by atoms with Crippen molar-refractivity contribution in [3.05, 3.63) is 64.5 Å². The van der Waals surface area contributed by atoms with Gasteiger partial charge in [0, 0.05) is 16.6 Å². The summed E-state index contributed by atoms with van der Waals surface area (Å²) in [5.74, 6) is -0.358. The molecular formula is C23H26N4O2S. The quantitative estimate of drug-likeness (QED) is 0.597. The highest BCUT2D eigenvalue weighted by Gasteiger charge is 2.14. The van der Waals surface area contributed by atoms with E-state index in [4.69, 9.17) is 0 Å². The van der Waals surface area contributed by atoms with Crippen molar-refractivity contribution in [3.8, 4) is 11.3 Å². The van der Waals surface area contributed by atoms with E-state index in [9.17, 15) is 9.59 Å². The minimum absolute atomic E-state index is 0.0968. The lowest BCUT2D eigenvalue weighted by atomic mass is 10.1. The normalized spacial score (nSPS) is 10.8. The summed E-state index contributed by atoms with van der Waals surface area (Å²) in [6, 6.07) is 13.9. The Bertz CT molecular complexity index is 1020. The van der Waals surface area contributed by atoms with Gasteiger partial charge in [0.15, 0.2) is 5.13 Å². The Morgan fingerprint density at radius 1 is 0.967 bits per heavy atom. The number of rotatable bonds is 7. The molecule has 0 saturated carbocycles. The molecule has 6 nitrogen and oxygen atoms in total. The molecule has 0 spiro atoms. The van der Waals surface area contributed by atoms with Gasteiger partial charge >= 0.3 is 0 Å². The number of nitrogens with one attached hydrogen (secondary N) is 2. The standard InChI is InChI=1S/C23H26N4O2S/c1-15-10-16(2)22(17(3)11-15)25-20(28)12-27(4)13-21(29)26-23-24-19(14-30-23)18-8-6-5-7-9-18/h5-11,14H,12-13H2,1-4H3,(H,25,28)(H,24,26,29). The number of amides is 2. The summed E-state index contributed by atoms with van der Waals surface area (Å²) in [6.45, 7) is 6.20. The third-order valence-corrected chi connectivity index (χ3v) is 5.35. The van der Waals surface area contributed by atoms with Crippen LogP contribution in [0.15, 0.2) is 47.8 Å². The Morgan fingerprint density at radius 3 is 2.20 bits per heavy atom. The van der Waals surface area contributed by atoms with E-state index in [1.807, 2.05) is 68.6 Å². The fraction of sp³-hybridized carbons (Fsp3) is 0.261. The van der Waals surface area contributed by atoms with E-state index in [1.165, 1.54) is 11.3 Å². The zero-order valence-corrected chi connectivity index (χ0v) is 18.5. The third-order valence-electron chi connectivity index (χ3n) is 4.59. The average Bonchev–Trinajstić information content (AvgIpc) is 3.13. The lowest BCUT2D eigenvalue weighted by molar-refractivity contribution is -0.119. The van der Waals surface area contributed by atoms with Gasteiger partial charge in [-0.2, -0.15) is 0 Å². The lowest BCUT2D eigenvalue weighted by Gasteiger charge is -2.17. The second-order valence-electron chi connectivity index (χ2n) is 7.45. The fourth-order valence-electron chi connectivity index (χ4n) is 3.33. The molecule has 2 amide bonds. The van der Waals surface area contributed by atoms with Crippen molar-refractivity contribution in [2.45, 2.75) is 20.8 Å². The van der Waals surface area contributed by atoms with Gasteiger partial charge < -0.3 is 10.6 Å². The van der Waals surface area contributed by atoms with Crippen LogP contribution in [0, 0.1) is 20.8 Å². The van der Waals surface area contributed by atoms with E-state index in [1.54, 1.807) is 11.9 Å². The monoisotopic (exact) mass is 422 g/mol. The highest BCUT2D eigenvalue weighted by molar-refractivity contribution is 7.14. The van der Waals surface area contributed by atoms with Gasteiger partial charge in [-0.15, -0.1) is 11.3 Å². The summed E-state index contributed by atoms with van der Waals surface area (Å²) < 4.78 is 0. The zero-order valence-electron chi connectivity index (χ0n) is 17.7. The van der Waals surface area contributed by atoms with E-state index in [0.717, 1.165) is 33.6 Å². The summed E-state index contributed by atoms with van der Waals surface area (Å²) in [5, 5.41) is 8.22. The molecule has 0 aliphatic rings. The Labute approximate surface area is 181 Å². The van der Waals surface area contributed by atoms with Crippen LogP contribution in [0.25, 0.3) is 11.3 Å². The first-order valence-corrected chi connectivity index (χ1v) is 10.6. The van der Waals surface area contributed by atoms with Gasteiger partial charge in [0.25, 0.3) is 0 Å². The maximum atomic E-state index is 12.4. The minimum atomic E-state index is -0.207. The Morgan fingerprint density at radius 2 is 1.57 bits per heavy atom. The van der Waals surface area contributed by atoms with Gasteiger partial charge in [-0.05, 0) is 38.9 Å². The average molecular weight is 423 g/mol. The van der Waals surface area contributed by atoms with Crippen molar-refractivity contribution in [1.82, 2.24) is 9.88 Å². The van der Waals surface area contributed by atoms with Crippen molar-refractivity contribution in [1.29, 1.82) is 0 Å². The number of aromatic nitrogens is 1. The van der Waals surface area contributed by atoms with E-state index >= 15 is 0 Å². The van der Waals surface area contributed by atoms with Crippen molar-refractivity contribution in [2.24, 2.45) is 0 Å². The molecule has 1 heterocycles. The number of hydrogen-bond acceptors (Lipinski definition) is 5. The van der Waals surface area contributed by atoms with Gasteiger partial charge in [0.05, 0.1) is 18.8 Å². The number of anilines is 2. The second kappa shape index (κ2) is 9.65. The van der Waals surface area contributed by atoms with Crippen LogP contribution in [0.3, 0.4) is 0 Å². The fourth-order valence-corrected chi connectivity index (χ4v) is 4.07. The summed E-state index contributed by atoms with van der Waals surface area (Å²) >= 11 is 1.38.